The monoisotopic (exact) mass is 572 g/mol. The van der Waals surface area contributed by atoms with Crippen molar-refractivity contribution in [1.29, 1.82) is 0 Å². The van der Waals surface area contributed by atoms with Gasteiger partial charge in [0.25, 0.3) is 0 Å². The van der Waals surface area contributed by atoms with Gasteiger partial charge in [-0.2, -0.15) is 0 Å². The molecule has 0 aromatic heterocycles. The fraction of sp³-hybridized carbons (Fsp3) is 0.765. The quantitative estimate of drug-likeness (QED) is 0.316. The van der Waals surface area contributed by atoms with Crippen molar-refractivity contribution in [3.63, 3.8) is 0 Å². The Hall–Kier alpha value is -1.32. The lowest BCUT2D eigenvalue weighted by molar-refractivity contribution is -0.311. The van der Waals surface area contributed by atoms with E-state index in [1.807, 2.05) is 0 Å². The number of hydrogen-bond acceptors (Lipinski definition) is 7. The molecule has 7 heteroatoms. The highest BCUT2D eigenvalue weighted by Gasteiger charge is 2.51. The number of rotatable bonds is 7. The zero-order valence-corrected chi connectivity index (χ0v) is 25.7. The molecule has 4 unspecified atom stereocenters. The minimum atomic E-state index is -1.46. The molecular weight excluding hydrogens is 520 g/mol. The first-order chi connectivity index (χ1) is 19.4. The van der Waals surface area contributed by atoms with Gasteiger partial charge in [0.15, 0.2) is 6.29 Å². The molecule has 5 N–H and O–H groups in total. The lowest BCUT2D eigenvalue weighted by atomic mass is 9.61. The van der Waals surface area contributed by atoms with Gasteiger partial charge in [-0.15, -0.1) is 0 Å². The molecule has 0 amide bonds. The largest absolute Gasteiger partial charge is 0.394 e. The van der Waals surface area contributed by atoms with Crippen LogP contribution in [0.2, 0.25) is 0 Å². The standard InChI is InChI=1S/C34H52O7/c1-17(2)19(4)28(40-33-32(39)31(38)30(37)29(16-35)41-33)13-18(3)26-9-10-27-25-14-21-7-8-22(36)15-24(21)20(5)23(25)11-12-34(26,27)6/h13-14,17,19,22,26-33,35-39H,7-12,15-16H2,1-6H3/b18-13+/t19?,22?,26-,27?,28?,29-,30-,31+,32+,33-,34-/m1/s1. The number of fused-ring (bicyclic) bond motifs is 4. The van der Waals surface area contributed by atoms with Gasteiger partial charge in [-0.05, 0) is 116 Å². The molecule has 1 saturated heterocycles. The minimum Gasteiger partial charge on any atom is -0.394 e. The normalized spacial score (nSPS) is 38.8. The fourth-order valence-electron chi connectivity index (χ4n) is 8.45. The molecule has 4 aliphatic rings. The summed E-state index contributed by atoms with van der Waals surface area (Å²) in [5.41, 5.74) is 8.70. The van der Waals surface area contributed by atoms with Gasteiger partial charge < -0.3 is 35.0 Å². The van der Waals surface area contributed by atoms with Crippen LogP contribution in [0.5, 0.6) is 0 Å². The van der Waals surface area contributed by atoms with Crippen molar-refractivity contribution >= 4 is 0 Å². The lowest BCUT2D eigenvalue weighted by Crippen LogP contribution is -2.59. The maximum absolute atomic E-state index is 10.7. The van der Waals surface area contributed by atoms with Gasteiger partial charge in [-0.3, -0.25) is 0 Å². The number of allylic oxidation sites excluding steroid dienone is 1. The van der Waals surface area contributed by atoms with Crippen molar-refractivity contribution in [2.24, 2.45) is 23.2 Å². The van der Waals surface area contributed by atoms with Crippen LogP contribution < -0.4 is 0 Å². The first-order valence-electron chi connectivity index (χ1n) is 15.8. The van der Waals surface area contributed by atoms with Crippen molar-refractivity contribution in [3.05, 3.63) is 45.5 Å². The Balaban J connectivity index is 1.41. The summed E-state index contributed by atoms with van der Waals surface area (Å²) in [5.74, 6) is 1.32. The molecular formula is C34H52O7. The van der Waals surface area contributed by atoms with Crippen LogP contribution in [-0.2, 0) is 28.7 Å². The van der Waals surface area contributed by atoms with Gasteiger partial charge in [0.05, 0.1) is 18.8 Å². The second-order valence-corrected chi connectivity index (χ2v) is 14.1. The van der Waals surface area contributed by atoms with Crippen molar-refractivity contribution in [2.45, 2.75) is 135 Å². The molecule has 1 aromatic carbocycles. The molecule has 0 bridgehead atoms. The van der Waals surface area contributed by atoms with E-state index < -0.39 is 37.3 Å². The van der Waals surface area contributed by atoms with Gasteiger partial charge in [-0.1, -0.05) is 45.4 Å². The number of hydrogen-bond donors (Lipinski definition) is 5. The third-order valence-electron chi connectivity index (χ3n) is 11.5. The van der Waals surface area contributed by atoms with E-state index in [0.29, 0.717) is 17.8 Å². The second-order valence-electron chi connectivity index (χ2n) is 14.1. The Morgan fingerprint density at radius 1 is 1.05 bits per heavy atom. The zero-order valence-electron chi connectivity index (χ0n) is 25.7. The summed E-state index contributed by atoms with van der Waals surface area (Å²) in [6.45, 7) is 12.9. The van der Waals surface area contributed by atoms with Gasteiger partial charge >= 0.3 is 0 Å². The predicted molar refractivity (Wildman–Crippen MR) is 158 cm³/mol. The summed E-state index contributed by atoms with van der Waals surface area (Å²) < 4.78 is 12.1. The van der Waals surface area contributed by atoms with Crippen LogP contribution in [0.4, 0.5) is 0 Å². The van der Waals surface area contributed by atoms with E-state index in [2.05, 4.69) is 53.7 Å². The van der Waals surface area contributed by atoms with E-state index in [4.69, 9.17) is 9.47 Å². The third-order valence-corrected chi connectivity index (χ3v) is 11.5. The van der Waals surface area contributed by atoms with Crippen LogP contribution >= 0.6 is 0 Å². The van der Waals surface area contributed by atoms with E-state index in [1.165, 1.54) is 33.4 Å². The van der Waals surface area contributed by atoms with Crippen molar-refractivity contribution in [1.82, 2.24) is 0 Å². The molecule has 5 rings (SSSR count). The highest BCUT2D eigenvalue weighted by Crippen LogP contribution is 2.61. The summed E-state index contributed by atoms with van der Waals surface area (Å²) in [5, 5.41) is 51.2. The van der Waals surface area contributed by atoms with Crippen LogP contribution in [0.15, 0.2) is 17.7 Å². The van der Waals surface area contributed by atoms with Gasteiger partial charge in [0, 0.05) is 0 Å². The molecule has 3 aliphatic carbocycles. The van der Waals surface area contributed by atoms with Crippen molar-refractivity contribution in [3.8, 4) is 0 Å². The highest BCUT2D eigenvalue weighted by molar-refractivity contribution is 5.51. The minimum absolute atomic E-state index is 0.110. The smallest absolute Gasteiger partial charge is 0.187 e. The third kappa shape index (κ3) is 5.57. The number of benzene rings is 1. The highest BCUT2D eigenvalue weighted by atomic mass is 16.7. The molecule has 0 radical (unpaired) electrons. The summed E-state index contributed by atoms with van der Waals surface area (Å²) in [6, 6.07) is 2.49. The Morgan fingerprint density at radius 2 is 1.78 bits per heavy atom. The van der Waals surface area contributed by atoms with Gasteiger partial charge in [0.1, 0.15) is 24.4 Å². The molecule has 41 heavy (non-hydrogen) atoms. The lowest BCUT2D eigenvalue weighted by Gasteiger charge is -2.44. The van der Waals surface area contributed by atoms with E-state index in [0.717, 1.165) is 44.9 Å². The van der Waals surface area contributed by atoms with E-state index in [1.54, 1.807) is 0 Å². The molecule has 230 valence electrons. The summed E-state index contributed by atoms with van der Waals surface area (Å²) in [7, 11) is 0. The number of ether oxygens (including phenoxy) is 2. The molecule has 11 atom stereocenters. The topological polar surface area (TPSA) is 120 Å². The molecule has 2 fully saturated rings. The van der Waals surface area contributed by atoms with Crippen LogP contribution in [0.3, 0.4) is 0 Å². The SMILES string of the molecule is C/C(=C\C(O[C@@H]1O[C@H](CO)[C@@H](O)[C@H](O)[C@@H]1O)C(C)C(C)C)[C@H]1CCC2c3cc4c(c(C)c3CC[C@@]21C)CC(O)CC4. The number of aliphatic hydroxyl groups is 5. The van der Waals surface area contributed by atoms with Crippen LogP contribution in [0, 0.1) is 30.1 Å². The van der Waals surface area contributed by atoms with Crippen LogP contribution in [-0.4, -0.2) is 75.1 Å². The van der Waals surface area contributed by atoms with Gasteiger partial charge in [-0.25, -0.2) is 0 Å². The molecule has 7 nitrogen and oxygen atoms in total. The molecule has 1 aliphatic heterocycles. The summed E-state index contributed by atoms with van der Waals surface area (Å²) in [4.78, 5) is 0. The molecule has 0 spiro atoms. The molecule has 1 aromatic rings. The Kier molecular flexibility index (Phi) is 9.10. The molecule has 1 saturated carbocycles. The predicted octanol–water partition coefficient (Wildman–Crippen LogP) is 3.71. The number of aliphatic hydroxyl groups excluding tert-OH is 5. The Bertz CT molecular complexity index is 1130. The average Bonchev–Trinajstić information content (AvgIpc) is 3.30. The summed E-state index contributed by atoms with van der Waals surface area (Å²) >= 11 is 0. The van der Waals surface area contributed by atoms with Crippen molar-refractivity contribution < 1.29 is 35.0 Å². The van der Waals surface area contributed by atoms with Gasteiger partial charge in [0.2, 0.25) is 0 Å². The fourth-order valence-corrected chi connectivity index (χ4v) is 8.45. The number of aryl methyl sites for hydroxylation is 1. The Labute approximate surface area is 245 Å². The average molecular weight is 573 g/mol. The molecule has 1 heterocycles. The summed E-state index contributed by atoms with van der Waals surface area (Å²) in [6.07, 6.45) is 2.24. The van der Waals surface area contributed by atoms with Crippen LogP contribution in [0.25, 0.3) is 0 Å². The Morgan fingerprint density at radius 3 is 2.46 bits per heavy atom. The maximum atomic E-state index is 10.7. The van der Waals surface area contributed by atoms with Crippen LogP contribution in [0.1, 0.15) is 94.0 Å². The van der Waals surface area contributed by atoms with E-state index >= 15 is 0 Å². The zero-order chi connectivity index (χ0) is 29.8. The first kappa shape index (κ1) is 31.1. The van der Waals surface area contributed by atoms with E-state index in [9.17, 15) is 25.5 Å². The van der Waals surface area contributed by atoms with E-state index in [-0.39, 0.29) is 23.5 Å². The maximum Gasteiger partial charge on any atom is 0.187 e. The van der Waals surface area contributed by atoms with Crippen molar-refractivity contribution in [2.75, 3.05) is 6.61 Å². The second kappa shape index (κ2) is 12.0. The first-order valence-corrected chi connectivity index (χ1v) is 15.8.